The predicted octanol–water partition coefficient (Wildman–Crippen LogP) is 10.7. The van der Waals surface area contributed by atoms with Gasteiger partial charge in [0.1, 0.15) is 0 Å². The highest BCUT2D eigenvalue weighted by molar-refractivity contribution is 4.90. The molecule has 2 N–H and O–H groups in total. The first-order chi connectivity index (χ1) is 17.2. The van der Waals surface area contributed by atoms with Crippen LogP contribution in [0.1, 0.15) is 168 Å². The number of rotatable bonds is 29. The fourth-order valence-corrected chi connectivity index (χ4v) is 4.42. The van der Waals surface area contributed by atoms with Crippen LogP contribution in [0.4, 0.5) is 0 Å². The average molecular weight is 499 g/mol. The molecule has 0 aliphatic heterocycles. The fourth-order valence-electron chi connectivity index (χ4n) is 4.42. The van der Waals surface area contributed by atoms with E-state index in [1.807, 2.05) is 0 Å². The van der Waals surface area contributed by atoms with Gasteiger partial charge in [-0.25, -0.2) is 0 Å². The van der Waals surface area contributed by atoms with Gasteiger partial charge >= 0.3 is 5.95 Å². The molecule has 0 aromatic heterocycles. The van der Waals surface area contributed by atoms with E-state index in [1.165, 1.54) is 109 Å². The van der Waals surface area contributed by atoms with Crippen molar-refractivity contribution in [2.45, 2.75) is 168 Å². The van der Waals surface area contributed by atoms with Crippen molar-refractivity contribution in [3.05, 3.63) is 11.7 Å². The maximum Gasteiger partial charge on any atom is 0.316 e. The Kier molecular flexibility index (Phi) is 28.6. The Labute approximate surface area is 219 Å². The van der Waals surface area contributed by atoms with Crippen molar-refractivity contribution in [1.82, 2.24) is 0 Å². The van der Waals surface area contributed by atoms with Crippen LogP contribution < -0.4 is 0 Å². The second-order valence-corrected chi connectivity index (χ2v) is 10.4. The molecule has 0 amide bonds. The van der Waals surface area contributed by atoms with E-state index in [-0.39, 0.29) is 11.7 Å². The minimum atomic E-state index is -0.280. The molecule has 0 heterocycles. The van der Waals surface area contributed by atoms with E-state index < -0.39 is 0 Å². The van der Waals surface area contributed by atoms with Gasteiger partial charge in [0.2, 0.25) is 0 Å². The fraction of sp³-hybridized carbons (Fsp3) is 0.935. The second-order valence-electron chi connectivity index (χ2n) is 10.4. The van der Waals surface area contributed by atoms with Crippen molar-refractivity contribution < 1.29 is 19.7 Å². The zero-order valence-corrected chi connectivity index (χ0v) is 23.8. The summed E-state index contributed by atoms with van der Waals surface area (Å²) in [7, 11) is 0. The third-order valence-corrected chi connectivity index (χ3v) is 6.83. The van der Waals surface area contributed by atoms with Crippen LogP contribution in [0.15, 0.2) is 11.7 Å². The zero-order chi connectivity index (χ0) is 25.7. The highest BCUT2D eigenvalue weighted by Gasteiger charge is 2.05. The monoisotopic (exact) mass is 498 g/mol. The molecule has 0 bridgehead atoms. The van der Waals surface area contributed by atoms with Crippen molar-refractivity contribution in [1.29, 1.82) is 0 Å². The van der Waals surface area contributed by atoms with Crippen molar-refractivity contribution >= 4 is 0 Å². The zero-order valence-electron chi connectivity index (χ0n) is 23.8. The topological polar surface area (TPSA) is 58.9 Å². The van der Waals surface area contributed by atoms with Crippen molar-refractivity contribution in [2.24, 2.45) is 0 Å². The Balaban J connectivity index is 3.34. The molecule has 0 spiro atoms. The van der Waals surface area contributed by atoms with Crippen LogP contribution in [0.3, 0.4) is 0 Å². The molecule has 0 rings (SSSR count). The van der Waals surface area contributed by atoms with Crippen molar-refractivity contribution in [3.8, 4) is 0 Å². The van der Waals surface area contributed by atoms with Gasteiger partial charge in [-0.2, -0.15) is 0 Å². The number of aliphatic hydroxyl groups is 2. The molecule has 0 fully saturated rings. The highest BCUT2D eigenvalue weighted by Crippen LogP contribution is 2.15. The summed E-state index contributed by atoms with van der Waals surface area (Å²) in [6.07, 6.45) is 29.7. The lowest BCUT2D eigenvalue weighted by Crippen LogP contribution is -2.00. The van der Waals surface area contributed by atoms with Gasteiger partial charge in [0.05, 0.1) is 6.61 Å². The van der Waals surface area contributed by atoms with Crippen LogP contribution >= 0.6 is 0 Å². The quantitative estimate of drug-likeness (QED) is 0.0795. The van der Waals surface area contributed by atoms with Gasteiger partial charge in [-0.1, -0.05) is 136 Å². The largest absolute Gasteiger partial charge is 0.506 e. The van der Waals surface area contributed by atoms with E-state index in [9.17, 15) is 10.2 Å². The molecule has 0 saturated heterocycles. The van der Waals surface area contributed by atoms with Crippen LogP contribution in [-0.4, -0.2) is 30.0 Å². The maximum absolute atomic E-state index is 9.95. The van der Waals surface area contributed by atoms with Gasteiger partial charge in [0.15, 0.2) is 5.76 Å². The van der Waals surface area contributed by atoms with Gasteiger partial charge in [-0.15, -0.1) is 0 Å². The Morgan fingerprint density at radius 2 is 0.771 bits per heavy atom. The molecule has 0 atom stereocenters. The number of unbranched alkanes of at least 4 members (excludes halogenated alkanes) is 20. The number of hydrogen-bond donors (Lipinski definition) is 2. The SMILES string of the molecule is CCCCCCCCCCCCCCCCCCO/C(O)=C(/O)CCCCCOCCCCCC. The summed E-state index contributed by atoms with van der Waals surface area (Å²) >= 11 is 0. The van der Waals surface area contributed by atoms with E-state index >= 15 is 0 Å². The minimum Gasteiger partial charge on any atom is -0.506 e. The first-order valence-electron chi connectivity index (χ1n) is 15.5. The smallest absolute Gasteiger partial charge is 0.316 e. The Hall–Kier alpha value is -0.900. The number of aliphatic hydroxyl groups excluding tert-OH is 2. The summed E-state index contributed by atoms with van der Waals surface area (Å²) < 4.78 is 11.0. The van der Waals surface area contributed by atoms with Gasteiger partial charge in [0, 0.05) is 19.6 Å². The average Bonchev–Trinajstić information content (AvgIpc) is 2.86. The van der Waals surface area contributed by atoms with Crippen LogP contribution in [0.5, 0.6) is 0 Å². The molecule has 0 aliphatic carbocycles. The normalized spacial score (nSPS) is 12.2. The third-order valence-electron chi connectivity index (χ3n) is 6.83. The highest BCUT2D eigenvalue weighted by atomic mass is 16.6. The molecule has 4 nitrogen and oxygen atoms in total. The van der Waals surface area contributed by atoms with E-state index in [4.69, 9.17) is 9.47 Å². The Morgan fingerprint density at radius 3 is 1.23 bits per heavy atom. The second kappa shape index (κ2) is 29.3. The molecule has 210 valence electrons. The summed E-state index contributed by atoms with van der Waals surface area (Å²) in [5, 5.41) is 19.8. The molecule has 4 heteroatoms. The van der Waals surface area contributed by atoms with Crippen LogP contribution in [-0.2, 0) is 9.47 Å². The first kappa shape index (κ1) is 34.1. The van der Waals surface area contributed by atoms with Gasteiger partial charge < -0.3 is 19.7 Å². The van der Waals surface area contributed by atoms with Gasteiger partial charge in [-0.3, -0.25) is 0 Å². The van der Waals surface area contributed by atoms with Crippen molar-refractivity contribution in [3.63, 3.8) is 0 Å². The number of hydrogen-bond acceptors (Lipinski definition) is 4. The van der Waals surface area contributed by atoms with E-state index in [2.05, 4.69) is 13.8 Å². The van der Waals surface area contributed by atoms with Gasteiger partial charge in [0.25, 0.3) is 0 Å². The lowest BCUT2D eigenvalue weighted by Gasteiger charge is -2.08. The Bertz CT molecular complexity index is 436. The van der Waals surface area contributed by atoms with E-state index in [0.717, 1.165) is 51.7 Å². The van der Waals surface area contributed by atoms with E-state index in [1.54, 1.807) is 0 Å². The maximum atomic E-state index is 9.95. The van der Waals surface area contributed by atoms with E-state index in [0.29, 0.717) is 13.0 Å². The lowest BCUT2D eigenvalue weighted by atomic mass is 10.0. The molecular formula is C31H62O4. The minimum absolute atomic E-state index is 0.0121. The summed E-state index contributed by atoms with van der Waals surface area (Å²) in [4.78, 5) is 0. The van der Waals surface area contributed by atoms with Crippen LogP contribution in [0, 0.1) is 0 Å². The molecule has 0 saturated carbocycles. The summed E-state index contributed by atoms with van der Waals surface area (Å²) in [5.74, 6) is -0.292. The standard InChI is InChI=1S/C31H62O4/c1-3-5-7-9-10-11-12-13-14-15-16-17-18-19-20-25-29-35-31(33)30(32)26-22-21-24-28-34-27-23-8-6-4-2/h32-33H,3-29H2,1-2H3/b31-30+. The molecule has 0 aromatic carbocycles. The number of ether oxygens (including phenoxy) is 2. The molecule has 0 radical (unpaired) electrons. The van der Waals surface area contributed by atoms with Crippen LogP contribution in [0.2, 0.25) is 0 Å². The Morgan fingerprint density at radius 1 is 0.429 bits per heavy atom. The summed E-state index contributed by atoms with van der Waals surface area (Å²) in [5.41, 5.74) is 0. The predicted molar refractivity (Wildman–Crippen MR) is 151 cm³/mol. The number of allylic oxidation sites excluding steroid dienone is 1. The van der Waals surface area contributed by atoms with Crippen LogP contribution in [0.25, 0.3) is 0 Å². The summed E-state index contributed by atoms with van der Waals surface area (Å²) in [6.45, 7) is 6.63. The summed E-state index contributed by atoms with van der Waals surface area (Å²) in [6, 6.07) is 0. The van der Waals surface area contributed by atoms with Crippen molar-refractivity contribution in [2.75, 3.05) is 19.8 Å². The third kappa shape index (κ3) is 27.5. The molecular weight excluding hydrogens is 436 g/mol. The molecule has 0 aromatic rings. The van der Waals surface area contributed by atoms with Gasteiger partial charge in [-0.05, 0) is 25.7 Å². The molecule has 35 heavy (non-hydrogen) atoms. The lowest BCUT2D eigenvalue weighted by molar-refractivity contribution is 0.0694. The molecule has 0 aliphatic rings. The first-order valence-corrected chi connectivity index (χ1v) is 15.5. The molecule has 0 unspecified atom stereocenters.